The first-order valence-corrected chi connectivity index (χ1v) is 6.99. The molecule has 0 saturated carbocycles. The van der Waals surface area contributed by atoms with Crippen molar-refractivity contribution in [2.45, 2.75) is 26.4 Å². The van der Waals surface area contributed by atoms with E-state index in [0.717, 1.165) is 23.2 Å². The van der Waals surface area contributed by atoms with Gasteiger partial charge in [0.25, 0.3) is 0 Å². The summed E-state index contributed by atoms with van der Waals surface area (Å²) in [6.45, 7) is 4.92. The Bertz CT molecular complexity index is 653. The van der Waals surface area contributed by atoms with Crippen molar-refractivity contribution in [2.24, 2.45) is 0 Å². The summed E-state index contributed by atoms with van der Waals surface area (Å²) >= 11 is 1.64. The first-order chi connectivity index (χ1) is 9.31. The summed E-state index contributed by atoms with van der Waals surface area (Å²) in [5.41, 5.74) is 0. The minimum Gasteiger partial charge on any atom is -0.319 e. The zero-order valence-electron chi connectivity index (χ0n) is 10.8. The van der Waals surface area contributed by atoms with E-state index in [9.17, 15) is 0 Å². The molecule has 0 N–H and O–H groups in total. The molecular weight excluding hydrogens is 260 g/mol. The number of aromatic nitrogens is 6. The highest BCUT2D eigenvalue weighted by Gasteiger charge is 2.18. The quantitative estimate of drug-likeness (QED) is 0.732. The molecule has 1 atom stereocenters. The molecule has 0 aliphatic heterocycles. The van der Waals surface area contributed by atoms with Crippen LogP contribution in [0.2, 0.25) is 0 Å². The summed E-state index contributed by atoms with van der Waals surface area (Å²) in [4.78, 5) is 13.1. The smallest absolute Gasteiger partial charge is 0.194 e. The standard InChI is InChI=1S/C12H14N6S/c1-3-18-11(15-8-16-18)10-13-4-6-17(10)9(2)12-14-5-7-19-12/h4-9H,3H2,1-2H3. The third-order valence-corrected chi connectivity index (χ3v) is 3.96. The van der Waals surface area contributed by atoms with Gasteiger partial charge in [-0.15, -0.1) is 11.3 Å². The zero-order chi connectivity index (χ0) is 13.2. The van der Waals surface area contributed by atoms with Gasteiger partial charge in [0.2, 0.25) is 0 Å². The number of hydrogen-bond donors (Lipinski definition) is 0. The zero-order valence-corrected chi connectivity index (χ0v) is 11.6. The molecule has 0 amide bonds. The van der Waals surface area contributed by atoms with Gasteiger partial charge in [0, 0.05) is 30.5 Å². The van der Waals surface area contributed by atoms with Crippen molar-refractivity contribution in [1.82, 2.24) is 29.3 Å². The van der Waals surface area contributed by atoms with E-state index in [1.165, 1.54) is 0 Å². The van der Waals surface area contributed by atoms with E-state index in [1.54, 1.807) is 23.9 Å². The van der Waals surface area contributed by atoms with E-state index in [0.29, 0.717) is 0 Å². The highest BCUT2D eigenvalue weighted by atomic mass is 32.1. The summed E-state index contributed by atoms with van der Waals surface area (Å²) in [5, 5.41) is 7.23. The molecule has 0 spiro atoms. The Kier molecular flexibility index (Phi) is 3.12. The molecule has 0 aliphatic carbocycles. The topological polar surface area (TPSA) is 61.4 Å². The molecule has 0 radical (unpaired) electrons. The van der Waals surface area contributed by atoms with Crippen LogP contribution >= 0.6 is 11.3 Å². The number of hydrogen-bond acceptors (Lipinski definition) is 5. The molecule has 0 aromatic carbocycles. The van der Waals surface area contributed by atoms with E-state index < -0.39 is 0 Å². The van der Waals surface area contributed by atoms with Crippen molar-refractivity contribution in [3.8, 4) is 11.6 Å². The van der Waals surface area contributed by atoms with Crippen LogP contribution in [0.25, 0.3) is 11.6 Å². The molecule has 7 heteroatoms. The Morgan fingerprint density at radius 1 is 1.21 bits per heavy atom. The first-order valence-electron chi connectivity index (χ1n) is 6.11. The van der Waals surface area contributed by atoms with Gasteiger partial charge in [0.05, 0.1) is 6.04 Å². The number of rotatable bonds is 4. The lowest BCUT2D eigenvalue weighted by Gasteiger charge is -2.13. The van der Waals surface area contributed by atoms with E-state index in [1.807, 2.05) is 29.4 Å². The predicted octanol–water partition coefficient (Wildman–Crippen LogP) is 2.23. The van der Waals surface area contributed by atoms with Crippen molar-refractivity contribution >= 4 is 11.3 Å². The van der Waals surface area contributed by atoms with Gasteiger partial charge in [-0.1, -0.05) is 0 Å². The second-order valence-corrected chi connectivity index (χ2v) is 5.03. The number of thiazole rings is 1. The van der Waals surface area contributed by atoms with Crippen LogP contribution in [-0.4, -0.2) is 29.3 Å². The normalized spacial score (nSPS) is 12.7. The lowest BCUT2D eigenvalue weighted by Crippen LogP contribution is -2.10. The second-order valence-electron chi connectivity index (χ2n) is 4.10. The fourth-order valence-corrected chi connectivity index (χ4v) is 2.72. The Balaban J connectivity index is 2.04. The summed E-state index contributed by atoms with van der Waals surface area (Å²) in [6.07, 6.45) is 7.12. The van der Waals surface area contributed by atoms with E-state index >= 15 is 0 Å². The molecule has 0 bridgehead atoms. The maximum atomic E-state index is 4.41. The predicted molar refractivity (Wildman–Crippen MR) is 72.8 cm³/mol. The summed E-state index contributed by atoms with van der Waals surface area (Å²) < 4.78 is 3.92. The van der Waals surface area contributed by atoms with Gasteiger partial charge in [0.1, 0.15) is 11.3 Å². The van der Waals surface area contributed by atoms with Gasteiger partial charge >= 0.3 is 0 Å². The second kappa shape index (κ2) is 4.93. The SMILES string of the molecule is CCn1ncnc1-c1nccn1C(C)c1nccs1. The average molecular weight is 274 g/mol. The summed E-state index contributed by atoms with van der Waals surface area (Å²) in [7, 11) is 0. The molecule has 6 nitrogen and oxygen atoms in total. The molecule has 0 saturated heterocycles. The maximum absolute atomic E-state index is 4.41. The fourth-order valence-electron chi connectivity index (χ4n) is 2.03. The highest BCUT2D eigenvalue weighted by molar-refractivity contribution is 7.09. The Labute approximate surface area is 114 Å². The van der Waals surface area contributed by atoms with Crippen molar-refractivity contribution in [3.63, 3.8) is 0 Å². The van der Waals surface area contributed by atoms with Crippen LogP contribution in [0.5, 0.6) is 0 Å². The Hall–Kier alpha value is -2.02. The van der Waals surface area contributed by atoms with Gasteiger partial charge in [0.15, 0.2) is 11.6 Å². The van der Waals surface area contributed by atoms with Crippen LogP contribution in [0.15, 0.2) is 30.3 Å². The van der Waals surface area contributed by atoms with E-state index in [2.05, 4.69) is 31.5 Å². The molecule has 98 valence electrons. The maximum Gasteiger partial charge on any atom is 0.194 e. The fraction of sp³-hybridized carbons (Fsp3) is 0.333. The lowest BCUT2D eigenvalue weighted by molar-refractivity contribution is 0.619. The first kappa shape index (κ1) is 12.0. The van der Waals surface area contributed by atoms with Crippen molar-refractivity contribution in [1.29, 1.82) is 0 Å². The molecule has 3 aromatic rings. The van der Waals surface area contributed by atoms with E-state index in [-0.39, 0.29) is 6.04 Å². The van der Waals surface area contributed by atoms with Gasteiger partial charge in [-0.05, 0) is 13.8 Å². The van der Waals surface area contributed by atoms with Crippen molar-refractivity contribution in [3.05, 3.63) is 35.3 Å². The van der Waals surface area contributed by atoms with Crippen molar-refractivity contribution in [2.75, 3.05) is 0 Å². The molecule has 3 aromatic heterocycles. The van der Waals surface area contributed by atoms with Gasteiger partial charge < -0.3 is 4.57 Å². The largest absolute Gasteiger partial charge is 0.319 e. The minimum atomic E-state index is 0.138. The summed E-state index contributed by atoms with van der Waals surface area (Å²) in [6, 6.07) is 0.138. The van der Waals surface area contributed by atoms with Crippen LogP contribution in [0.4, 0.5) is 0 Å². The van der Waals surface area contributed by atoms with Crippen LogP contribution < -0.4 is 0 Å². The molecule has 0 aliphatic rings. The van der Waals surface area contributed by atoms with Gasteiger partial charge in [-0.25, -0.2) is 19.6 Å². The average Bonchev–Trinajstić information content (AvgIpc) is 3.16. The van der Waals surface area contributed by atoms with Crippen molar-refractivity contribution < 1.29 is 0 Å². The van der Waals surface area contributed by atoms with E-state index in [4.69, 9.17) is 0 Å². The molecule has 0 fully saturated rings. The number of nitrogens with zero attached hydrogens (tertiary/aromatic N) is 6. The van der Waals surface area contributed by atoms with Gasteiger partial charge in [-0.3, -0.25) is 0 Å². The van der Waals surface area contributed by atoms with Gasteiger partial charge in [-0.2, -0.15) is 5.10 Å². The third kappa shape index (κ3) is 2.06. The minimum absolute atomic E-state index is 0.138. The van der Waals surface area contributed by atoms with Crippen LogP contribution in [-0.2, 0) is 6.54 Å². The van der Waals surface area contributed by atoms with Crippen LogP contribution in [0.3, 0.4) is 0 Å². The number of aryl methyl sites for hydroxylation is 1. The Morgan fingerprint density at radius 3 is 2.84 bits per heavy atom. The molecule has 3 rings (SSSR count). The number of imidazole rings is 1. The highest BCUT2D eigenvalue weighted by Crippen LogP contribution is 2.25. The Morgan fingerprint density at radius 2 is 2.11 bits per heavy atom. The monoisotopic (exact) mass is 274 g/mol. The van der Waals surface area contributed by atoms with Crippen LogP contribution in [0.1, 0.15) is 24.9 Å². The lowest BCUT2D eigenvalue weighted by atomic mass is 10.3. The summed E-state index contributed by atoms with van der Waals surface area (Å²) in [5.74, 6) is 1.61. The molecule has 3 heterocycles. The molecule has 19 heavy (non-hydrogen) atoms. The molecular formula is C12H14N6S. The van der Waals surface area contributed by atoms with Crippen LogP contribution in [0, 0.1) is 0 Å². The molecule has 1 unspecified atom stereocenters. The third-order valence-electron chi connectivity index (χ3n) is 3.01.